The molecule has 0 aromatic rings. The minimum Gasteiger partial charge on any atom is -0.382 e. The molecule has 0 saturated heterocycles. The molecule has 6 heteroatoms. The summed E-state index contributed by atoms with van der Waals surface area (Å²) >= 11 is 0. The van der Waals surface area contributed by atoms with Crippen molar-refractivity contribution >= 4 is 29.9 Å². The van der Waals surface area contributed by atoms with Crippen LogP contribution in [0.2, 0.25) is 0 Å². The minimum absolute atomic E-state index is 0. The van der Waals surface area contributed by atoms with Gasteiger partial charge >= 0.3 is 0 Å². The average molecular weight is 429 g/mol. The Morgan fingerprint density at radius 3 is 2.36 bits per heavy atom. The number of guanidine groups is 1. The number of rotatable bonds is 12. The van der Waals surface area contributed by atoms with E-state index in [1.54, 1.807) is 7.11 Å². The number of halogens is 1. The quantitative estimate of drug-likeness (QED) is 0.217. The fourth-order valence-corrected chi connectivity index (χ4v) is 1.96. The maximum atomic E-state index is 5.42. The smallest absolute Gasteiger partial charge is 0.191 e. The van der Waals surface area contributed by atoms with Gasteiger partial charge in [-0.05, 0) is 25.7 Å². The number of ether oxygens (including phenoxy) is 2. The third-order valence-electron chi connectivity index (χ3n) is 3.22. The van der Waals surface area contributed by atoms with Crippen LogP contribution in [-0.2, 0) is 9.47 Å². The molecule has 0 amide bonds. The van der Waals surface area contributed by atoms with Gasteiger partial charge in [0.15, 0.2) is 5.96 Å². The van der Waals surface area contributed by atoms with Gasteiger partial charge in [-0.1, -0.05) is 26.7 Å². The maximum absolute atomic E-state index is 5.42. The van der Waals surface area contributed by atoms with E-state index in [4.69, 9.17) is 9.47 Å². The van der Waals surface area contributed by atoms with Crippen molar-refractivity contribution in [3.63, 3.8) is 0 Å². The van der Waals surface area contributed by atoms with E-state index >= 15 is 0 Å². The molecule has 0 saturated carbocycles. The van der Waals surface area contributed by atoms with Crippen molar-refractivity contribution in [2.24, 2.45) is 10.9 Å². The summed E-state index contributed by atoms with van der Waals surface area (Å²) in [6.45, 7) is 9.69. The molecule has 0 aliphatic heterocycles. The molecular formula is C16H36IN3O2. The second kappa shape index (κ2) is 17.3. The van der Waals surface area contributed by atoms with E-state index in [2.05, 4.69) is 36.4 Å². The Morgan fingerprint density at radius 2 is 1.77 bits per heavy atom. The van der Waals surface area contributed by atoms with E-state index in [0.29, 0.717) is 19.3 Å². The predicted octanol–water partition coefficient (Wildman–Crippen LogP) is 3.04. The molecule has 0 rings (SSSR count). The van der Waals surface area contributed by atoms with Gasteiger partial charge < -0.3 is 20.1 Å². The van der Waals surface area contributed by atoms with E-state index in [0.717, 1.165) is 31.4 Å². The molecule has 0 fully saturated rings. The molecule has 0 aromatic carbocycles. The van der Waals surface area contributed by atoms with Gasteiger partial charge in [0, 0.05) is 33.4 Å². The van der Waals surface area contributed by atoms with Crippen molar-refractivity contribution in [1.29, 1.82) is 0 Å². The van der Waals surface area contributed by atoms with Crippen molar-refractivity contribution < 1.29 is 9.47 Å². The van der Waals surface area contributed by atoms with Crippen molar-refractivity contribution in [2.45, 2.75) is 52.5 Å². The summed E-state index contributed by atoms with van der Waals surface area (Å²) in [6, 6.07) is 0.452. The van der Waals surface area contributed by atoms with Crippen LogP contribution in [0.4, 0.5) is 0 Å². The molecule has 22 heavy (non-hydrogen) atoms. The Labute approximate surface area is 154 Å². The molecule has 0 aliphatic rings. The molecule has 0 aromatic heterocycles. The zero-order valence-electron chi connectivity index (χ0n) is 15.0. The first-order valence-electron chi connectivity index (χ1n) is 8.14. The highest BCUT2D eigenvalue weighted by molar-refractivity contribution is 14.0. The molecule has 5 nitrogen and oxygen atoms in total. The molecule has 0 bridgehead atoms. The second-order valence-corrected chi connectivity index (χ2v) is 5.83. The van der Waals surface area contributed by atoms with Gasteiger partial charge in [0.05, 0.1) is 13.2 Å². The molecule has 134 valence electrons. The predicted molar refractivity (Wildman–Crippen MR) is 105 cm³/mol. The molecule has 2 N–H and O–H groups in total. The number of hydrogen-bond donors (Lipinski definition) is 2. The largest absolute Gasteiger partial charge is 0.382 e. The van der Waals surface area contributed by atoms with E-state index in [-0.39, 0.29) is 24.0 Å². The first kappa shape index (κ1) is 24.2. The van der Waals surface area contributed by atoms with Gasteiger partial charge in [-0.2, -0.15) is 0 Å². The monoisotopic (exact) mass is 429 g/mol. The molecular weight excluding hydrogens is 393 g/mol. The van der Waals surface area contributed by atoms with Crippen molar-refractivity contribution in [2.75, 3.05) is 40.5 Å². The van der Waals surface area contributed by atoms with Crippen LogP contribution < -0.4 is 10.6 Å². The topological polar surface area (TPSA) is 54.9 Å². The van der Waals surface area contributed by atoms with Crippen LogP contribution in [0.1, 0.15) is 46.5 Å². The van der Waals surface area contributed by atoms with Crippen LogP contribution in [0.5, 0.6) is 0 Å². The summed E-state index contributed by atoms with van der Waals surface area (Å²) in [4.78, 5) is 4.25. The summed E-state index contributed by atoms with van der Waals surface area (Å²) in [5, 5.41) is 6.75. The number of aliphatic imine (C=N–C) groups is 1. The molecule has 1 unspecified atom stereocenters. The summed E-state index contributed by atoms with van der Waals surface area (Å²) in [7, 11) is 3.49. The highest BCUT2D eigenvalue weighted by Gasteiger charge is 2.05. The molecule has 1 atom stereocenters. The summed E-state index contributed by atoms with van der Waals surface area (Å²) in [6.07, 6.45) is 4.69. The number of hydrogen-bond acceptors (Lipinski definition) is 3. The van der Waals surface area contributed by atoms with Crippen LogP contribution in [0.3, 0.4) is 0 Å². The standard InChI is InChI=1S/C16H35N3O2.HI/c1-14(2)8-6-9-15(3)19-16(17-4)18-10-7-11-21-13-12-20-5;/h14-15H,6-13H2,1-5H3,(H2,17,18,19);1H. The van der Waals surface area contributed by atoms with Gasteiger partial charge in [-0.3, -0.25) is 4.99 Å². The zero-order valence-corrected chi connectivity index (χ0v) is 17.3. The van der Waals surface area contributed by atoms with Gasteiger partial charge in [0.1, 0.15) is 0 Å². The first-order valence-corrected chi connectivity index (χ1v) is 8.14. The van der Waals surface area contributed by atoms with Crippen molar-refractivity contribution in [1.82, 2.24) is 10.6 Å². The highest BCUT2D eigenvalue weighted by atomic mass is 127. The van der Waals surface area contributed by atoms with Gasteiger partial charge in [-0.15, -0.1) is 24.0 Å². The molecule has 0 spiro atoms. The average Bonchev–Trinajstić information content (AvgIpc) is 2.44. The van der Waals surface area contributed by atoms with Crippen LogP contribution in [0.15, 0.2) is 4.99 Å². The van der Waals surface area contributed by atoms with E-state index in [1.165, 1.54) is 19.3 Å². The fraction of sp³-hybridized carbons (Fsp3) is 0.938. The number of nitrogens with zero attached hydrogens (tertiary/aromatic N) is 1. The van der Waals surface area contributed by atoms with Crippen LogP contribution in [-0.4, -0.2) is 52.5 Å². The Balaban J connectivity index is 0. The van der Waals surface area contributed by atoms with Gasteiger partial charge in [0.25, 0.3) is 0 Å². The lowest BCUT2D eigenvalue weighted by molar-refractivity contribution is 0.0698. The Bertz CT molecular complexity index is 264. The zero-order chi connectivity index (χ0) is 15.9. The lowest BCUT2D eigenvalue weighted by atomic mass is 10.0. The lowest BCUT2D eigenvalue weighted by Gasteiger charge is -2.18. The molecule has 0 radical (unpaired) electrons. The summed E-state index contributed by atoms with van der Waals surface area (Å²) in [5.41, 5.74) is 0. The van der Waals surface area contributed by atoms with Crippen LogP contribution in [0.25, 0.3) is 0 Å². The Kier molecular flexibility index (Phi) is 19.0. The lowest BCUT2D eigenvalue weighted by Crippen LogP contribution is -2.42. The minimum atomic E-state index is 0. The summed E-state index contributed by atoms with van der Waals surface area (Å²) < 4.78 is 10.3. The Hall–Kier alpha value is -0.0800. The third-order valence-corrected chi connectivity index (χ3v) is 3.22. The number of nitrogens with one attached hydrogen (secondary N) is 2. The van der Waals surface area contributed by atoms with Gasteiger partial charge in [-0.25, -0.2) is 0 Å². The molecule has 0 heterocycles. The normalized spacial score (nSPS) is 12.9. The van der Waals surface area contributed by atoms with Crippen molar-refractivity contribution in [3.05, 3.63) is 0 Å². The maximum Gasteiger partial charge on any atom is 0.191 e. The first-order chi connectivity index (χ1) is 10.1. The summed E-state index contributed by atoms with van der Waals surface area (Å²) in [5.74, 6) is 1.66. The molecule has 0 aliphatic carbocycles. The van der Waals surface area contributed by atoms with Crippen LogP contribution >= 0.6 is 24.0 Å². The van der Waals surface area contributed by atoms with Crippen molar-refractivity contribution in [3.8, 4) is 0 Å². The van der Waals surface area contributed by atoms with E-state index in [1.807, 2.05) is 7.05 Å². The Morgan fingerprint density at radius 1 is 1.05 bits per heavy atom. The highest BCUT2D eigenvalue weighted by Crippen LogP contribution is 2.07. The van der Waals surface area contributed by atoms with Crippen LogP contribution in [0, 0.1) is 5.92 Å². The van der Waals surface area contributed by atoms with E-state index in [9.17, 15) is 0 Å². The SMILES string of the molecule is CN=C(NCCCOCCOC)NC(C)CCCC(C)C.I. The fourth-order valence-electron chi connectivity index (χ4n) is 1.96. The van der Waals surface area contributed by atoms with Gasteiger partial charge in [0.2, 0.25) is 0 Å². The second-order valence-electron chi connectivity index (χ2n) is 5.83. The third kappa shape index (κ3) is 16.3. The van der Waals surface area contributed by atoms with E-state index < -0.39 is 0 Å². The number of methoxy groups -OCH3 is 1.